The van der Waals surface area contributed by atoms with Crippen LogP contribution in [0.1, 0.15) is 57.5 Å². The molecule has 0 fully saturated rings. The molecule has 15 heavy (non-hydrogen) atoms. The number of aromatic nitrogens is 2. The molecule has 84 valence electrons. The molecule has 1 aliphatic heterocycles. The molecule has 0 atom stereocenters. The van der Waals surface area contributed by atoms with Crippen molar-refractivity contribution in [1.82, 2.24) is 15.1 Å². The molecule has 0 saturated heterocycles. The molecule has 0 saturated carbocycles. The van der Waals surface area contributed by atoms with Crippen LogP contribution in [0.25, 0.3) is 0 Å². The Morgan fingerprint density at radius 2 is 1.93 bits per heavy atom. The highest BCUT2D eigenvalue weighted by molar-refractivity contribution is 5.31. The summed E-state index contributed by atoms with van der Waals surface area (Å²) in [5.41, 5.74) is 4.24. The fourth-order valence-corrected chi connectivity index (χ4v) is 2.11. The molecule has 1 aromatic heterocycles. The van der Waals surface area contributed by atoms with Crippen molar-refractivity contribution >= 4 is 0 Å². The molecule has 3 nitrogen and oxygen atoms in total. The highest BCUT2D eigenvalue weighted by Gasteiger charge is 2.31. The largest absolute Gasteiger partial charge is 0.288 e. The fraction of sp³-hybridized carbons (Fsp3) is 0.750. The maximum Gasteiger partial charge on any atom is 0.0695 e. The van der Waals surface area contributed by atoms with E-state index < -0.39 is 0 Å². The van der Waals surface area contributed by atoms with Crippen molar-refractivity contribution in [2.24, 2.45) is 0 Å². The Kier molecular flexibility index (Phi) is 2.38. The summed E-state index contributed by atoms with van der Waals surface area (Å²) in [6.07, 6.45) is 0. The standard InChI is InChI=1S/C12H21N3/c1-8(2)11-9-6-15(12(3,4)5)7-10(9)13-14-11/h8H,6-7H2,1-5H3,(H,13,14). The zero-order valence-electron chi connectivity index (χ0n) is 10.4. The predicted octanol–water partition coefficient (Wildman–Crippen LogP) is 2.65. The maximum atomic E-state index is 4.40. The van der Waals surface area contributed by atoms with Crippen LogP contribution in [0.15, 0.2) is 0 Å². The predicted molar refractivity (Wildman–Crippen MR) is 61.7 cm³/mol. The molecule has 0 aliphatic carbocycles. The lowest BCUT2D eigenvalue weighted by Gasteiger charge is -2.31. The van der Waals surface area contributed by atoms with E-state index in [0.717, 1.165) is 13.1 Å². The van der Waals surface area contributed by atoms with Crippen LogP contribution in [0.3, 0.4) is 0 Å². The molecular formula is C12H21N3. The monoisotopic (exact) mass is 207 g/mol. The quantitative estimate of drug-likeness (QED) is 0.767. The van der Waals surface area contributed by atoms with Gasteiger partial charge in [0.15, 0.2) is 0 Å². The van der Waals surface area contributed by atoms with Gasteiger partial charge in [-0.2, -0.15) is 5.10 Å². The third kappa shape index (κ3) is 1.81. The van der Waals surface area contributed by atoms with Crippen molar-refractivity contribution in [1.29, 1.82) is 0 Å². The summed E-state index contributed by atoms with van der Waals surface area (Å²) >= 11 is 0. The first-order chi connectivity index (χ1) is 6.89. The van der Waals surface area contributed by atoms with E-state index >= 15 is 0 Å². The van der Waals surface area contributed by atoms with Crippen molar-refractivity contribution in [3.63, 3.8) is 0 Å². The Balaban J connectivity index is 2.25. The summed E-state index contributed by atoms with van der Waals surface area (Å²) in [5.74, 6) is 0.518. The molecule has 2 rings (SSSR count). The van der Waals surface area contributed by atoms with E-state index in [1.54, 1.807) is 0 Å². The second kappa shape index (κ2) is 3.34. The van der Waals surface area contributed by atoms with Gasteiger partial charge in [-0.05, 0) is 26.7 Å². The van der Waals surface area contributed by atoms with Crippen LogP contribution in [-0.2, 0) is 13.1 Å². The number of nitrogens with zero attached hydrogens (tertiary/aromatic N) is 2. The highest BCUT2D eigenvalue weighted by Crippen LogP contribution is 2.32. The third-order valence-electron chi connectivity index (χ3n) is 3.18. The van der Waals surface area contributed by atoms with Gasteiger partial charge in [0.1, 0.15) is 0 Å². The summed E-state index contributed by atoms with van der Waals surface area (Å²) in [5, 5.41) is 7.58. The number of nitrogens with one attached hydrogen (secondary N) is 1. The first-order valence-corrected chi connectivity index (χ1v) is 5.70. The summed E-state index contributed by atoms with van der Waals surface area (Å²) in [6, 6.07) is 0. The molecule has 2 heterocycles. The summed E-state index contributed by atoms with van der Waals surface area (Å²) < 4.78 is 0. The van der Waals surface area contributed by atoms with E-state index in [4.69, 9.17) is 0 Å². The van der Waals surface area contributed by atoms with Gasteiger partial charge in [0, 0.05) is 24.2 Å². The van der Waals surface area contributed by atoms with Crippen molar-refractivity contribution in [2.75, 3.05) is 0 Å². The Morgan fingerprint density at radius 1 is 1.27 bits per heavy atom. The van der Waals surface area contributed by atoms with Gasteiger partial charge in [0.25, 0.3) is 0 Å². The molecule has 1 aromatic rings. The molecule has 0 aromatic carbocycles. The molecule has 0 unspecified atom stereocenters. The molecule has 0 spiro atoms. The van der Waals surface area contributed by atoms with E-state index in [-0.39, 0.29) is 5.54 Å². The number of H-pyrrole nitrogens is 1. The third-order valence-corrected chi connectivity index (χ3v) is 3.18. The number of hydrogen-bond donors (Lipinski definition) is 1. The average molecular weight is 207 g/mol. The van der Waals surface area contributed by atoms with E-state index in [1.807, 2.05) is 0 Å². The van der Waals surface area contributed by atoms with Crippen molar-refractivity contribution in [3.05, 3.63) is 17.0 Å². The van der Waals surface area contributed by atoms with Crippen LogP contribution in [0.4, 0.5) is 0 Å². The Morgan fingerprint density at radius 3 is 2.47 bits per heavy atom. The van der Waals surface area contributed by atoms with Gasteiger partial charge in [0.2, 0.25) is 0 Å². The lowest BCUT2D eigenvalue weighted by atomic mass is 10.0. The van der Waals surface area contributed by atoms with Gasteiger partial charge in [-0.1, -0.05) is 13.8 Å². The Hall–Kier alpha value is -0.830. The molecule has 1 aliphatic rings. The lowest BCUT2D eigenvalue weighted by Crippen LogP contribution is -2.37. The zero-order valence-corrected chi connectivity index (χ0v) is 10.4. The molecule has 0 bridgehead atoms. The summed E-state index contributed by atoms with van der Waals surface area (Å²) in [7, 11) is 0. The summed E-state index contributed by atoms with van der Waals surface area (Å²) in [4.78, 5) is 2.49. The van der Waals surface area contributed by atoms with Crippen LogP contribution >= 0.6 is 0 Å². The SMILES string of the molecule is CC(C)c1n[nH]c2c1CN(C(C)(C)C)C2. The van der Waals surface area contributed by atoms with Crippen LogP contribution in [0.5, 0.6) is 0 Å². The minimum atomic E-state index is 0.244. The van der Waals surface area contributed by atoms with Crippen LogP contribution < -0.4 is 0 Å². The van der Waals surface area contributed by atoms with Crippen molar-refractivity contribution in [3.8, 4) is 0 Å². The molecule has 0 amide bonds. The highest BCUT2D eigenvalue weighted by atomic mass is 15.3. The minimum Gasteiger partial charge on any atom is -0.288 e. The van der Waals surface area contributed by atoms with Gasteiger partial charge in [-0.15, -0.1) is 0 Å². The molecule has 1 N–H and O–H groups in total. The topological polar surface area (TPSA) is 31.9 Å². The van der Waals surface area contributed by atoms with Gasteiger partial charge in [-0.3, -0.25) is 10.00 Å². The first kappa shape index (κ1) is 10.7. The number of rotatable bonds is 1. The van der Waals surface area contributed by atoms with Crippen molar-refractivity contribution in [2.45, 2.75) is 59.2 Å². The fourth-order valence-electron chi connectivity index (χ4n) is 2.11. The Labute approximate surface area is 91.9 Å². The van der Waals surface area contributed by atoms with E-state index in [9.17, 15) is 0 Å². The summed E-state index contributed by atoms with van der Waals surface area (Å²) in [6.45, 7) is 13.3. The maximum absolute atomic E-state index is 4.40. The average Bonchev–Trinajstić information content (AvgIpc) is 2.56. The van der Waals surface area contributed by atoms with Crippen LogP contribution in [0.2, 0.25) is 0 Å². The zero-order chi connectivity index (χ0) is 11.2. The molecule has 0 radical (unpaired) electrons. The minimum absolute atomic E-state index is 0.244. The van der Waals surface area contributed by atoms with Gasteiger partial charge >= 0.3 is 0 Å². The first-order valence-electron chi connectivity index (χ1n) is 5.70. The van der Waals surface area contributed by atoms with Gasteiger partial charge in [0.05, 0.1) is 11.4 Å². The normalized spacial score (nSPS) is 17.5. The lowest BCUT2D eigenvalue weighted by molar-refractivity contribution is 0.134. The number of aromatic amines is 1. The van der Waals surface area contributed by atoms with Crippen LogP contribution in [-0.4, -0.2) is 20.6 Å². The second-order valence-electron chi connectivity index (χ2n) is 5.75. The Bertz CT molecular complexity index is 357. The second-order valence-corrected chi connectivity index (χ2v) is 5.75. The van der Waals surface area contributed by atoms with E-state index in [2.05, 4.69) is 49.7 Å². The van der Waals surface area contributed by atoms with E-state index in [1.165, 1.54) is 17.0 Å². The van der Waals surface area contributed by atoms with E-state index in [0.29, 0.717) is 5.92 Å². The molecular weight excluding hydrogens is 186 g/mol. The number of fused-ring (bicyclic) bond motifs is 1. The van der Waals surface area contributed by atoms with Crippen LogP contribution in [0, 0.1) is 0 Å². The number of hydrogen-bond acceptors (Lipinski definition) is 2. The van der Waals surface area contributed by atoms with Gasteiger partial charge < -0.3 is 0 Å². The van der Waals surface area contributed by atoms with Gasteiger partial charge in [-0.25, -0.2) is 0 Å². The molecule has 3 heteroatoms. The smallest absolute Gasteiger partial charge is 0.0695 e. The van der Waals surface area contributed by atoms with Crippen molar-refractivity contribution < 1.29 is 0 Å².